The molecule has 88 valence electrons. The topological polar surface area (TPSA) is 36.7 Å². The lowest BCUT2D eigenvalue weighted by Gasteiger charge is -2.00. The van der Waals surface area contributed by atoms with Gasteiger partial charge in [0.15, 0.2) is 0 Å². The maximum absolute atomic E-state index is 13.4. The van der Waals surface area contributed by atoms with Crippen molar-refractivity contribution in [3.63, 3.8) is 0 Å². The number of allylic oxidation sites excluding steroid dienone is 1. The summed E-state index contributed by atoms with van der Waals surface area (Å²) in [6, 6.07) is 10.1. The first-order chi connectivity index (χ1) is 8.70. The van der Waals surface area contributed by atoms with E-state index in [9.17, 15) is 8.78 Å². The fraction of sp³-hybridized carbons (Fsp3) is 0. The molecule has 0 bridgehead atoms. The number of hydrogen-bond acceptors (Lipinski definition) is 2. The molecule has 1 heterocycles. The van der Waals surface area contributed by atoms with Gasteiger partial charge in [-0.05, 0) is 36.4 Å². The Morgan fingerprint density at radius 2 is 2.06 bits per heavy atom. The minimum atomic E-state index is -0.583. The number of rotatable bonds is 2. The molecule has 2 rings (SSSR count). The fourth-order valence-electron chi connectivity index (χ4n) is 1.47. The standard InChI is InChI=1S/C14H8F2N2/c15-12-4-5-13(16)10(8-12)7-11(9-17)14-3-1-2-6-18-14/h1-8H/b11-7+. The van der Waals surface area contributed by atoms with Crippen LogP contribution in [-0.2, 0) is 0 Å². The average molecular weight is 242 g/mol. The first-order valence-electron chi connectivity index (χ1n) is 5.19. The first kappa shape index (κ1) is 11.9. The van der Waals surface area contributed by atoms with Crippen molar-refractivity contribution in [2.75, 3.05) is 0 Å². The highest BCUT2D eigenvalue weighted by molar-refractivity contribution is 5.88. The Morgan fingerprint density at radius 3 is 2.72 bits per heavy atom. The lowest BCUT2D eigenvalue weighted by Crippen LogP contribution is -1.89. The van der Waals surface area contributed by atoms with Crippen LogP contribution in [0.15, 0.2) is 42.6 Å². The van der Waals surface area contributed by atoms with Gasteiger partial charge in [0.05, 0.1) is 11.3 Å². The zero-order valence-corrected chi connectivity index (χ0v) is 9.27. The molecule has 0 spiro atoms. The monoisotopic (exact) mass is 242 g/mol. The second kappa shape index (κ2) is 5.19. The number of hydrogen-bond donors (Lipinski definition) is 0. The molecule has 0 amide bonds. The molecule has 0 aliphatic rings. The van der Waals surface area contributed by atoms with Gasteiger partial charge < -0.3 is 0 Å². The van der Waals surface area contributed by atoms with Crippen LogP contribution in [0.5, 0.6) is 0 Å². The van der Waals surface area contributed by atoms with Crippen molar-refractivity contribution in [2.45, 2.75) is 0 Å². The van der Waals surface area contributed by atoms with E-state index in [-0.39, 0.29) is 11.1 Å². The van der Waals surface area contributed by atoms with E-state index in [4.69, 9.17) is 5.26 Å². The van der Waals surface area contributed by atoms with Gasteiger partial charge in [0.1, 0.15) is 17.7 Å². The molecular formula is C14H8F2N2. The molecule has 2 nitrogen and oxygen atoms in total. The summed E-state index contributed by atoms with van der Waals surface area (Å²) in [6.45, 7) is 0. The minimum absolute atomic E-state index is 0.0252. The van der Waals surface area contributed by atoms with Crippen LogP contribution >= 0.6 is 0 Å². The summed E-state index contributed by atoms with van der Waals surface area (Å²) < 4.78 is 26.5. The van der Waals surface area contributed by atoms with E-state index in [0.717, 1.165) is 18.2 Å². The van der Waals surface area contributed by atoms with Crippen molar-refractivity contribution in [1.82, 2.24) is 4.98 Å². The van der Waals surface area contributed by atoms with Crippen LogP contribution < -0.4 is 0 Å². The SMILES string of the molecule is N#C/C(=C\c1cc(F)ccc1F)c1ccccn1. The number of nitrogens with zero attached hydrogens (tertiary/aromatic N) is 2. The molecule has 4 heteroatoms. The Labute approximate surface area is 103 Å². The third kappa shape index (κ3) is 2.58. The van der Waals surface area contributed by atoms with E-state index >= 15 is 0 Å². The zero-order chi connectivity index (χ0) is 13.0. The van der Waals surface area contributed by atoms with E-state index in [1.54, 1.807) is 18.2 Å². The highest BCUT2D eigenvalue weighted by atomic mass is 19.1. The molecular weight excluding hydrogens is 234 g/mol. The van der Waals surface area contributed by atoms with Crippen LogP contribution in [0.4, 0.5) is 8.78 Å². The maximum atomic E-state index is 13.4. The van der Waals surface area contributed by atoms with Crippen LogP contribution in [0, 0.1) is 23.0 Å². The van der Waals surface area contributed by atoms with Crippen LogP contribution in [0.25, 0.3) is 11.6 Å². The highest BCUT2D eigenvalue weighted by Gasteiger charge is 2.06. The Morgan fingerprint density at radius 1 is 1.22 bits per heavy atom. The summed E-state index contributed by atoms with van der Waals surface area (Å²) >= 11 is 0. The number of aromatic nitrogens is 1. The van der Waals surface area contributed by atoms with Gasteiger partial charge in [0.25, 0.3) is 0 Å². The molecule has 18 heavy (non-hydrogen) atoms. The van der Waals surface area contributed by atoms with Crippen LogP contribution in [0.2, 0.25) is 0 Å². The zero-order valence-electron chi connectivity index (χ0n) is 9.27. The number of benzene rings is 1. The van der Waals surface area contributed by atoms with Crippen molar-refractivity contribution in [1.29, 1.82) is 5.26 Å². The van der Waals surface area contributed by atoms with Crippen molar-refractivity contribution in [3.8, 4) is 6.07 Å². The molecule has 1 aromatic heterocycles. The van der Waals surface area contributed by atoms with E-state index in [1.807, 2.05) is 6.07 Å². The predicted octanol–water partition coefficient (Wildman–Crippen LogP) is 3.42. The Kier molecular flexibility index (Phi) is 3.44. The second-order valence-corrected chi connectivity index (χ2v) is 3.55. The largest absolute Gasteiger partial charge is 0.256 e. The molecule has 1 aromatic carbocycles. The maximum Gasteiger partial charge on any atom is 0.130 e. The molecule has 0 fully saturated rings. The van der Waals surface area contributed by atoms with E-state index in [0.29, 0.717) is 5.69 Å². The van der Waals surface area contributed by atoms with Crippen LogP contribution in [-0.4, -0.2) is 4.98 Å². The Bertz CT molecular complexity index is 628. The lowest BCUT2D eigenvalue weighted by atomic mass is 10.1. The first-order valence-corrected chi connectivity index (χ1v) is 5.19. The highest BCUT2D eigenvalue weighted by Crippen LogP contribution is 2.18. The van der Waals surface area contributed by atoms with Gasteiger partial charge in [0, 0.05) is 11.8 Å². The average Bonchev–Trinajstić information content (AvgIpc) is 2.41. The summed E-state index contributed by atoms with van der Waals surface area (Å²) in [6.07, 6.45) is 2.81. The quantitative estimate of drug-likeness (QED) is 0.756. The molecule has 0 aliphatic heterocycles. The summed E-state index contributed by atoms with van der Waals surface area (Å²) in [5.41, 5.74) is 0.626. The van der Waals surface area contributed by atoms with Crippen molar-refractivity contribution in [3.05, 3.63) is 65.5 Å². The molecule has 0 saturated heterocycles. The van der Waals surface area contributed by atoms with Gasteiger partial charge >= 0.3 is 0 Å². The van der Waals surface area contributed by atoms with Gasteiger partial charge in [-0.3, -0.25) is 4.98 Å². The third-order valence-corrected chi connectivity index (χ3v) is 2.32. The Hall–Kier alpha value is -2.54. The van der Waals surface area contributed by atoms with Gasteiger partial charge in [-0.2, -0.15) is 5.26 Å². The van der Waals surface area contributed by atoms with Crippen molar-refractivity contribution >= 4 is 11.6 Å². The molecule has 0 unspecified atom stereocenters. The number of nitriles is 1. The number of pyridine rings is 1. The van der Waals surface area contributed by atoms with Gasteiger partial charge in [0.2, 0.25) is 0 Å². The van der Waals surface area contributed by atoms with Crippen LogP contribution in [0.1, 0.15) is 11.3 Å². The molecule has 0 N–H and O–H groups in total. The summed E-state index contributed by atoms with van der Waals surface area (Å²) in [5.74, 6) is -1.14. The molecule has 0 saturated carbocycles. The minimum Gasteiger partial charge on any atom is -0.256 e. The van der Waals surface area contributed by atoms with Gasteiger partial charge in [-0.25, -0.2) is 8.78 Å². The number of halogens is 2. The van der Waals surface area contributed by atoms with E-state index < -0.39 is 11.6 Å². The second-order valence-electron chi connectivity index (χ2n) is 3.55. The molecule has 2 aromatic rings. The summed E-state index contributed by atoms with van der Waals surface area (Å²) in [4.78, 5) is 3.99. The Balaban J connectivity index is 2.48. The fourth-order valence-corrected chi connectivity index (χ4v) is 1.47. The molecule has 0 aliphatic carbocycles. The smallest absolute Gasteiger partial charge is 0.130 e. The third-order valence-electron chi connectivity index (χ3n) is 2.32. The normalized spacial score (nSPS) is 11.1. The van der Waals surface area contributed by atoms with Gasteiger partial charge in [-0.15, -0.1) is 0 Å². The lowest BCUT2D eigenvalue weighted by molar-refractivity contribution is 0.598. The van der Waals surface area contributed by atoms with Gasteiger partial charge in [-0.1, -0.05) is 6.07 Å². The van der Waals surface area contributed by atoms with Crippen molar-refractivity contribution < 1.29 is 8.78 Å². The molecule has 0 atom stereocenters. The summed E-state index contributed by atoms with van der Waals surface area (Å²) in [7, 11) is 0. The predicted molar refractivity (Wildman–Crippen MR) is 64.1 cm³/mol. The van der Waals surface area contributed by atoms with Crippen LogP contribution in [0.3, 0.4) is 0 Å². The van der Waals surface area contributed by atoms with E-state index in [1.165, 1.54) is 12.3 Å². The summed E-state index contributed by atoms with van der Waals surface area (Å²) in [5, 5.41) is 9.03. The van der Waals surface area contributed by atoms with Crippen molar-refractivity contribution in [2.24, 2.45) is 0 Å². The molecule has 0 radical (unpaired) electrons. The van der Waals surface area contributed by atoms with E-state index in [2.05, 4.69) is 4.98 Å².